The first kappa shape index (κ1) is 15.7. The lowest BCUT2D eigenvalue weighted by Gasteiger charge is -2.05. The van der Waals surface area contributed by atoms with Crippen LogP contribution < -0.4 is 5.32 Å². The van der Waals surface area contributed by atoms with Gasteiger partial charge in [-0.25, -0.2) is 0 Å². The highest BCUT2D eigenvalue weighted by molar-refractivity contribution is 6.06. The summed E-state index contributed by atoms with van der Waals surface area (Å²) in [5, 5.41) is 2.81. The summed E-state index contributed by atoms with van der Waals surface area (Å²) in [6.45, 7) is 3.25. The van der Waals surface area contributed by atoms with Crippen LogP contribution >= 0.6 is 0 Å². The van der Waals surface area contributed by atoms with Crippen LogP contribution in [0.25, 0.3) is 11.3 Å². The van der Waals surface area contributed by atoms with Crippen LogP contribution in [0.2, 0.25) is 0 Å². The molecule has 1 N–H and O–H groups in total. The number of hydrogen-bond donors (Lipinski definition) is 1. The zero-order valence-electron chi connectivity index (χ0n) is 13.5. The molecule has 4 nitrogen and oxygen atoms in total. The van der Waals surface area contributed by atoms with Crippen molar-refractivity contribution >= 4 is 17.4 Å². The molecule has 1 aromatic heterocycles. The van der Waals surface area contributed by atoms with Crippen LogP contribution in [-0.4, -0.2) is 11.7 Å². The van der Waals surface area contributed by atoms with Gasteiger partial charge >= 0.3 is 0 Å². The highest BCUT2D eigenvalue weighted by Crippen LogP contribution is 2.26. The Balaban J connectivity index is 1.84. The molecule has 3 aromatic rings. The average Bonchev–Trinajstić information content (AvgIpc) is 2.98. The number of rotatable bonds is 4. The fourth-order valence-electron chi connectivity index (χ4n) is 2.47. The van der Waals surface area contributed by atoms with E-state index in [0.29, 0.717) is 28.3 Å². The first-order valence-corrected chi connectivity index (χ1v) is 7.63. The van der Waals surface area contributed by atoms with Crippen LogP contribution in [0.1, 0.15) is 33.4 Å². The molecule has 2 aromatic carbocycles. The predicted molar refractivity (Wildman–Crippen MR) is 93.3 cm³/mol. The van der Waals surface area contributed by atoms with Gasteiger partial charge in [0, 0.05) is 16.8 Å². The summed E-state index contributed by atoms with van der Waals surface area (Å²) in [6.07, 6.45) is 0. The second-order valence-electron chi connectivity index (χ2n) is 5.54. The van der Waals surface area contributed by atoms with Gasteiger partial charge in [0.05, 0.1) is 5.56 Å². The molecule has 0 atom stereocenters. The first-order valence-electron chi connectivity index (χ1n) is 7.63. The van der Waals surface area contributed by atoms with E-state index in [2.05, 4.69) is 5.32 Å². The third-order valence-electron chi connectivity index (χ3n) is 3.75. The molecule has 0 saturated carbocycles. The number of benzene rings is 2. The minimum atomic E-state index is -0.265. The molecule has 1 heterocycles. The van der Waals surface area contributed by atoms with Crippen LogP contribution in [0, 0.1) is 6.92 Å². The molecule has 4 heteroatoms. The van der Waals surface area contributed by atoms with Crippen molar-refractivity contribution in [2.24, 2.45) is 0 Å². The predicted octanol–water partition coefficient (Wildman–Crippen LogP) is 4.71. The summed E-state index contributed by atoms with van der Waals surface area (Å²) in [5.41, 5.74) is 2.52. The Labute approximate surface area is 140 Å². The molecule has 0 bridgehead atoms. The number of aryl methyl sites for hydroxylation is 1. The summed E-state index contributed by atoms with van der Waals surface area (Å²) in [7, 11) is 0. The minimum absolute atomic E-state index is 0.0445. The number of amides is 1. The molecule has 0 aliphatic heterocycles. The van der Waals surface area contributed by atoms with E-state index < -0.39 is 0 Å². The van der Waals surface area contributed by atoms with Crippen molar-refractivity contribution in [1.82, 2.24) is 0 Å². The van der Waals surface area contributed by atoms with Crippen molar-refractivity contribution in [3.8, 4) is 11.3 Å². The normalized spacial score (nSPS) is 10.4. The summed E-state index contributed by atoms with van der Waals surface area (Å²) in [6, 6.07) is 18.2. The van der Waals surface area contributed by atoms with E-state index >= 15 is 0 Å². The second kappa shape index (κ2) is 6.54. The van der Waals surface area contributed by atoms with E-state index in [-0.39, 0.29) is 11.7 Å². The number of carbonyl (C=O) groups is 2. The van der Waals surface area contributed by atoms with Gasteiger partial charge in [-0.3, -0.25) is 9.59 Å². The van der Waals surface area contributed by atoms with Crippen LogP contribution in [0.3, 0.4) is 0 Å². The van der Waals surface area contributed by atoms with E-state index in [1.165, 1.54) is 6.92 Å². The summed E-state index contributed by atoms with van der Waals surface area (Å²) < 4.78 is 5.71. The molecular weight excluding hydrogens is 302 g/mol. The molecular formula is C20H17NO3. The molecule has 120 valence electrons. The number of ketones is 1. The first-order chi connectivity index (χ1) is 11.5. The van der Waals surface area contributed by atoms with Crippen LogP contribution in [0.5, 0.6) is 0 Å². The zero-order valence-corrected chi connectivity index (χ0v) is 13.5. The van der Waals surface area contributed by atoms with Gasteiger partial charge < -0.3 is 9.73 Å². The Kier molecular flexibility index (Phi) is 4.29. The van der Waals surface area contributed by atoms with Crippen molar-refractivity contribution in [3.63, 3.8) is 0 Å². The number of anilines is 1. The van der Waals surface area contributed by atoms with E-state index in [4.69, 9.17) is 4.42 Å². The van der Waals surface area contributed by atoms with Crippen molar-refractivity contribution in [2.45, 2.75) is 13.8 Å². The Morgan fingerprint density at radius 2 is 1.71 bits per heavy atom. The third-order valence-corrected chi connectivity index (χ3v) is 3.75. The molecule has 0 radical (unpaired) electrons. The fraction of sp³-hybridized carbons (Fsp3) is 0.100. The van der Waals surface area contributed by atoms with Gasteiger partial charge in [-0.15, -0.1) is 0 Å². The summed E-state index contributed by atoms with van der Waals surface area (Å²) >= 11 is 0. The SMILES string of the molecule is CC(=O)c1cccc(NC(=O)c2cc(-c3ccccc3)oc2C)c1. The van der Waals surface area contributed by atoms with E-state index in [1.54, 1.807) is 37.3 Å². The van der Waals surface area contributed by atoms with Crippen LogP contribution in [0.4, 0.5) is 5.69 Å². The van der Waals surface area contributed by atoms with E-state index in [0.717, 1.165) is 5.56 Å². The lowest BCUT2D eigenvalue weighted by molar-refractivity contribution is 0.101. The third kappa shape index (κ3) is 3.27. The fourth-order valence-corrected chi connectivity index (χ4v) is 2.47. The molecule has 0 aliphatic rings. The highest BCUT2D eigenvalue weighted by atomic mass is 16.3. The molecule has 0 fully saturated rings. The quantitative estimate of drug-likeness (QED) is 0.708. The molecule has 0 saturated heterocycles. The van der Waals surface area contributed by atoms with Gasteiger partial charge in [0.25, 0.3) is 5.91 Å². The number of furan rings is 1. The van der Waals surface area contributed by atoms with E-state index in [1.807, 2.05) is 30.3 Å². The smallest absolute Gasteiger partial charge is 0.259 e. The van der Waals surface area contributed by atoms with Crippen LogP contribution in [-0.2, 0) is 0 Å². The molecule has 24 heavy (non-hydrogen) atoms. The van der Waals surface area contributed by atoms with Gasteiger partial charge in [-0.2, -0.15) is 0 Å². The number of hydrogen-bond acceptors (Lipinski definition) is 3. The van der Waals surface area contributed by atoms with Gasteiger partial charge in [-0.05, 0) is 32.0 Å². The van der Waals surface area contributed by atoms with Crippen molar-refractivity contribution in [2.75, 3.05) is 5.32 Å². The van der Waals surface area contributed by atoms with Gasteiger partial charge in [0.1, 0.15) is 11.5 Å². The number of Topliss-reactive ketones (excluding diaryl/α,β-unsaturated/α-hetero) is 1. The molecule has 1 amide bonds. The van der Waals surface area contributed by atoms with E-state index in [9.17, 15) is 9.59 Å². The van der Waals surface area contributed by atoms with Crippen LogP contribution in [0.15, 0.2) is 65.1 Å². The Morgan fingerprint density at radius 1 is 0.958 bits per heavy atom. The zero-order chi connectivity index (χ0) is 17.1. The standard InChI is InChI=1S/C20H17NO3/c1-13(22)16-9-6-10-17(11-16)21-20(23)18-12-19(24-14(18)2)15-7-4-3-5-8-15/h3-12H,1-2H3,(H,21,23). The molecule has 0 unspecified atom stereocenters. The van der Waals surface area contributed by atoms with Gasteiger partial charge in [0.15, 0.2) is 5.78 Å². The second-order valence-corrected chi connectivity index (χ2v) is 5.54. The molecule has 3 rings (SSSR count). The number of carbonyl (C=O) groups excluding carboxylic acids is 2. The van der Waals surface area contributed by atoms with Crippen molar-refractivity contribution in [3.05, 3.63) is 77.6 Å². The van der Waals surface area contributed by atoms with Crippen molar-refractivity contribution in [1.29, 1.82) is 0 Å². The summed E-state index contributed by atoms with van der Waals surface area (Å²) in [5.74, 6) is 0.890. The lowest BCUT2D eigenvalue weighted by Crippen LogP contribution is -2.12. The van der Waals surface area contributed by atoms with Gasteiger partial charge in [-0.1, -0.05) is 42.5 Å². The topological polar surface area (TPSA) is 59.3 Å². The van der Waals surface area contributed by atoms with Gasteiger partial charge in [0.2, 0.25) is 0 Å². The minimum Gasteiger partial charge on any atom is -0.461 e. The Bertz CT molecular complexity index is 894. The maximum Gasteiger partial charge on any atom is 0.259 e. The summed E-state index contributed by atoms with van der Waals surface area (Å²) in [4.78, 5) is 23.9. The van der Waals surface area contributed by atoms with Crippen molar-refractivity contribution < 1.29 is 14.0 Å². The number of nitrogens with one attached hydrogen (secondary N) is 1. The Hall–Kier alpha value is -3.14. The maximum absolute atomic E-state index is 12.5. The Morgan fingerprint density at radius 3 is 2.42 bits per heavy atom. The highest BCUT2D eigenvalue weighted by Gasteiger charge is 2.16. The lowest BCUT2D eigenvalue weighted by atomic mass is 10.1. The largest absolute Gasteiger partial charge is 0.461 e. The molecule has 0 spiro atoms. The average molecular weight is 319 g/mol. The maximum atomic E-state index is 12.5. The molecule has 0 aliphatic carbocycles. The monoisotopic (exact) mass is 319 g/mol.